The molecule has 0 atom stereocenters. The molecule has 0 aromatic heterocycles. The fourth-order valence-electron chi connectivity index (χ4n) is 0.627. The summed E-state index contributed by atoms with van der Waals surface area (Å²) < 4.78 is 4.88. The smallest absolute Gasteiger partial charge is 0.332 e. The lowest BCUT2D eigenvalue weighted by atomic mass is 10.4. The fraction of sp³-hybridized carbons (Fsp3) is 0.667. The molecule has 0 aromatic carbocycles. The number of ether oxygens (including phenoxy) is 1. The molecule has 0 heterocycles. The molecule has 3 nitrogen and oxygen atoms in total. The first-order valence-electron chi connectivity index (χ1n) is 4.24. The molecule has 0 aliphatic carbocycles. The number of carbonyl (C=O) groups excluding carboxylic acids is 1. The topological polar surface area (TPSA) is 29.5 Å². The third-order valence-electron chi connectivity index (χ3n) is 1.28. The summed E-state index contributed by atoms with van der Waals surface area (Å²) in [7, 11) is 3.69. The molecule has 0 bridgehead atoms. The molecule has 0 aliphatic heterocycles. The zero-order chi connectivity index (χ0) is 10.1. The molecular formula is C9H16ClNO2. The van der Waals surface area contributed by atoms with Gasteiger partial charge in [0.2, 0.25) is 0 Å². The van der Waals surface area contributed by atoms with Crippen molar-refractivity contribution >= 4 is 17.6 Å². The Kier molecular flexibility index (Phi) is 7.50. The van der Waals surface area contributed by atoms with E-state index in [0.29, 0.717) is 12.5 Å². The highest BCUT2D eigenvalue weighted by Gasteiger charge is 1.95. The van der Waals surface area contributed by atoms with Gasteiger partial charge in [-0.05, 0) is 12.8 Å². The van der Waals surface area contributed by atoms with Crippen LogP contribution in [0.2, 0.25) is 0 Å². The first-order chi connectivity index (χ1) is 6.16. The van der Waals surface area contributed by atoms with Crippen molar-refractivity contribution in [2.24, 2.45) is 0 Å². The number of halogens is 1. The Hall–Kier alpha value is -0.700. The van der Waals surface area contributed by atoms with Crippen molar-refractivity contribution in [1.82, 2.24) is 4.90 Å². The molecule has 0 aromatic rings. The van der Waals surface area contributed by atoms with E-state index < -0.39 is 0 Å². The first-order valence-corrected chi connectivity index (χ1v) is 4.77. The molecule has 0 unspecified atom stereocenters. The molecule has 76 valence electrons. The van der Waals surface area contributed by atoms with Gasteiger partial charge in [0.15, 0.2) is 0 Å². The van der Waals surface area contributed by atoms with Gasteiger partial charge in [0.1, 0.15) is 0 Å². The summed E-state index contributed by atoms with van der Waals surface area (Å²) in [4.78, 5) is 12.7. The second-order valence-electron chi connectivity index (χ2n) is 2.84. The molecule has 0 rings (SSSR count). The second-order valence-corrected chi connectivity index (χ2v) is 3.22. The van der Waals surface area contributed by atoms with Gasteiger partial charge < -0.3 is 9.64 Å². The highest BCUT2D eigenvalue weighted by molar-refractivity contribution is 6.17. The number of rotatable bonds is 6. The monoisotopic (exact) mass is 205 g/mol. The van der Waals surface area contributed by atoms with Crippen LogP contribution < -0.4 is 0 Å². The maximum Gasteiger partial charge on any atom is 0.332 e. The van der Waals surface area contributed by atoms with Crippen LogP contribution in [0.25, 0.3) is 0 Å². The highest BCUT2D eigenvalue weighted by Crippen LogP contribution is 1.93. The molecular weight excluding hydrogens is 190 g/mol. The quantitative estimate of drug-likeness (QED) is 0.286. The van der Waals surface area contributed by atoms with E-state index in [0.717, 1.165) is 12.8 Å². The molecule has 0 saturated heterocycles. The largest absolute Gasteiger partial charge is 0.462 e. The van der Waals surface area contributed by atoms with Crippen LogP contribution in [0.5, 0.6) is 0 Å². The van der Waals surface area contributed by atoms with Gasteiger partial charge in [-0.25, -0.2) is 4.79 Å². The lowest BCUT2D eigenvalue weighted by molar-refractivity contribution is -0.137. The number of nitrogens with zero attached hydrogens (tertiary/aromatic N) is 1. The lowest BCUT2D eigenvalue weighted by Gasteiger charge is -2.03. The molecule has 0 radical (unpaired) electrons. The van der Waals surface area contributed by atoms with Crippen LogP contribution in [0.3, 0.4) is 0 Å². The Labute approximate surface area is 84.3 Å². The standard InChI is InChI=1S/C9H16ClNO2/c1-11(2)7-5-9(12)13-8-4-3-6-10/h5,7H,3-4,6,8H2,1-2H3/b7-5+. The second kappa shape index (κ2) is 7.92. The summed E-state index contributed by atoms with van der Waals surface area (Å²) in [6, 6.07) is 0. The van der Waals surface area contributed by atoms with Gasteiger partial charge in [0, 0.05) is 32.3 Å². The van der Waals surface area contributed by atoms with Gasteiger partial charge in [-0.1, -0.05) is 0 Å². The van der Waals surface area contributed by atoms with Crippen molar-refractivity contribution in [3.05, 3.63) is 12.3 Å². The summed E-state index contributed by atoms with van der Waals surface area (Å²) in [5.74, 6) is 0.314. The van der Waals surface area contributed by atoms with Crippen LogP contribution in [0.15, 0.2) is 12.3 Å². The number of unbranched alkanes of at least 4 members (excludes halogenated alkanes) is 1. The first kappa shape index (κ1) is 12.3. The Morgan fingerprint density at radius 2 is 2.15 bits per heavy atom. The van der Waals surface area contributed by atoms with Crippen molar-refractivity contribution in [2.45, 2.75) is 12.8 Å². The van der Waals surface area contributed by atoms with Gasteiger partial charge in [-0.2, -0.15) is 0 Å². The third kappa shape index (κ3) is 9.21. The fourth-order valence-corrected chi connectivity index (χ4v) is 0.816. The molecule has 0 fully saturated rings. The molecule has 0 saturated carbocycles. The number of hydrogen-bond donors (Lipinski definition) is 0. The molecule has 0 amide bonds. The SMILES string of the molecule is CN(C)/C=C/C(=O)OCCCCCl. The maximum atomic E-state index is 10.9. The van der Waals surface area contributed by atoms with Crippen LogP contribution in [-0.4, -0.2) is 37.5 Å². The Bertz CT molecular complexity index is 169. The van der Waals surface area contributed by atoms with Crippen molar-refractivity contribution in [3.8, 4) is 0 Å². The average Bonchev–Trinajstić information content (AvgIpc) is 2.09. The van der Waals surface area contributed by atoms with E-state index >= 15 is 0 Å². The van der Waals surface area contributed by atoms with E-state index in [1.54, 1.807) is 11.1 Å². The minimum Gasteiger partial charge on any atom is -0.462 e. The molecule has 4 heteroatoms. The summed E-state index contributed by atoms with van der Waals surface area (Å²) in [5, 5.41) is 0. The van der Waals surface area contributed by atoms with E-state index in [1.807, 2.05) is 14.1 Å². The van der Waals surface area contributed by atoms with E-state index in [-0.39, 0.29) is 5.97 Å². The van der Waals surface area contributed by atoms with E-state index in [9.17, 15) is 4.79 Å². The third-order valence-corrected chi connectivity index (χ3v) is 1.55. The number of esters is 1. The van der Waals surface area contributed by atoms with Crippen molar-refractivity contribution in [3.63, 3.8) is 0 Å². The maximum absolute atomic E-state index is 10.9. The summed E-state index contributed by atoms with van der Waals surface area (Å²) in [6.07, 6.45) is 4.77. The van der Waals surface area contributed by atoms with Crippen molar-refractivity contribution in [2.75, 3.05) is 26.6 Å². The number of alkyl halides is 1. The van der Waals surface area contributed by atoms with Crippen LogP contribution in [0.1, 0.15) is 12.8 Å². The van der Waals surface area contributed by atoms with Gasteiger partial charge in [-0.15, -0.1) is 11.6 Å². The van der Waals surface area contributed by atoms with E-state index in [4.69, 9.17) is 16.3 Å². The lowest BCUT2D eigenvalue weighted by Crippen LogP contribution is -2.06. The molecule has 0 aliphatic rings. The van der Waals surface area contributed by atoms with Gasteiger partial charge in [0.25, 0.3) is 0 Å². The molecule has 0 spiro atoms. The summed E-state index contributed by atoms with van der Waals surface area (Å²) >= 11 is 5.46. The normalized spacial score (nSPS) is 10.4. The van der Waals surface area contributed by atoms with Crippen LogP contribution in [0, 0.1) is 0 Å². The predicted octanol–water partition coefficient (Wildman–Crippen LogP) is 1.62. The van der Waals surface area contributed by atoms with E-state index in [1.165, 1.54) is 6.08 Å². The van der Waals surface area contributed by atoms with Crippen molar-refractivity contribution in [1.29, 1.82) is 0 Å². The average molecular weight is 206 g/mol. The zero-order valence-electron chi connectivity index (χ0n) is 8.12. The Morgan fingerprint density at radius 1 is 1.46 bits per heavy atom. The van der Waals surface area contributed by atoms with E-state index in [2.05, 4.69) is 0 Å². The van der Waals surface area contributed by atoms with Gasteiger partial charge >= 0.3 is 5.97 Å². The minimum absolute atomic E-state index is 0.303. The molecule has 0 N–H and O–H groups in total. The predicted molar refractivity (Wildman–Crippen MR) is 53.7 cm³/mol. The van der Waals surface area contributed by atoms with Crippen molar-refractivity contribution < 1.29 is 9.53 Å². The van der Waals surface area contributed by atoms with Crippen LogP contribution >= 0.6 is 11.6 Å². The van der Waals surface area contributed by atoms with Gasteiger partial charge in [-0.3, -0.25) is 0 Å². The van der Waals surface area contributed by atoms with Crippen LogP contribution in [0.4, 0.5) is 0 Å². The molecule has 13 heavy (non-hydrogen) atoms. The number of hydrogen-bond acceptors (Lipinski definition) is 3. The Morgan fingerprint density at radius 3 is 2.69 bits per heavy atom. The zero-order valence-corrected chi connectivity index (χ0v) is 8.88. The summed E-state index contributed by atoms with van der Waals surface area (Å²) in [6.45, 7) is 0.448. The highest BCUT2D eigenvalue weighted by atomic mass is 35.5. The Balaban J connectivity index is 3.41. The summed E-state index contributed by atoms with van der Waals surface area (Å²) in [5.41, 5.74) is 0. The number of carbonyl (C=O) groups is 1. The van der Waals surface area contributed by atoms with Crippen LogP contribution in [-0.2, 0) is 9.53 Å². The minimum atomic E-state index is -0.303. The van der Waals surface area contributed by atoms with Gasteiger partial charge in [0.05, 0.1) is 6.61 Å².